The van der Waals surface area contributed by atoms with E-state index in [4.69, 9.17) is 16.6 Å². The Morgan fingerprint density at radius 2 is 1.60 bits per heavy atom. The van der Waals surface area contributed by atoms with E-state index in [9.17, 15) is 0 Å². The lowest BCUT2D eigenvalue weighted by Gasteiger charge is -2.35. The molecular weight excluding hydrogens is 330 g/mol. The molecule has 0 spiro atoms. The zero-order valence-electron chi connectivity index (χ0n) is 14.2. The average molecular weight is 352 g/mol. The molecule has 0 saturated carbocycles. The largest absolute Gasteiger partial charge is 0.354 e. The van der Waals surface area contributed by atoms with Crippen LogP contribution in [0.1, 0.15) is 5.56 Å². The summed E-state index contributed by atoms with van der Waals surface area (Å²) in [6, 6.07) is 20.8. The third-order valence-electron chi connectivity index (χ3n) is 4.91. The van der Waals surface area contributed by atoms with Gasteiger partial charge < -0.3 is 4.90 Å². The van der Waals surface area contributed by atoms with Crippen LogP contribution in [0.25, 0.3) is 10.9 Å². The number of piperazine rings is 1. The summed E-state index contributed by atoms with van der Waals surface area (Å²) in [5.41, 5.74) is 2.42. The number of hydrogen-bond donors (Lipinski definition) is 0. The number of aromatic nitrogens is 1. The summed E-state index contributed by atoms with van der Waals surface area (Å²) in [4.78, 5) is 9.75. The normalized spacial score (nSPS) is 15.6. The van der Waals surface area contributed by atoms with E-state index < -0.39 is 0 Å². The predicted octanol–water partition coefficient (Wildman–Crippen LogP) is 4.25. The maximum atomic E-state index is 5.95. The monoisotopic (exact) mass is 351 g/mol. The minimum Gasteiger partial charge on any atom is -0.354 e. The summed E-state index contributed by atoms with van der Waals surface area (Å²) >= 11 is 5.95. The first-order valence-electron chi connectivity index (χ1n) is 8.85. The van der Waals surface area contributed by atoms with Gasteiger partial charge in [-0.05, 0) is 42.3 Å². The van der Waals surface area contributed by atoms with Crippen molar-refractivity contribution in [2.75, 3.05) is 37.6 Å². The average Bonchev–Trinajstić information content (AvgIpc) is 2.68. The molecule has 25 heavy (non-hydrogen) atoms. The van der Waals surface area contributed by atoms with Crippen LogP contribution in [-0.4, -0.2) is 42.6 Å². The Morgan fingerprint density at radius 1 is 0.840 bits per heavy atom. The molecule has 0 aliphatic carbocycles. The topological polar surface area (TPSA) is 19.4 Å². The molecule has 2 aromatic carbocycles. The Morgan fingerprint density at radius 3 is 2.40 bits per heavy atom. The molecule has 1 aliphatic heterocycles. The highest BCUT2D eigenvalue weighted by molar-refractivity contribution is 6.30. The van der Waals surface area contributed by atoms with Crippen LogP contribution in [0.3, 0.4) is 0 Å². The Kier molecular flexibility index (Phi) is 4.86. The fourth-order valence-electron chi connectivity index (χ4n) is 3.37. The van der Waals surface area contributed by atoms with Gasteiger partial charge in [-0.1, -0.05) is 41.9 Å². The molecule has 0 atom stereocenters. The van der Waals surface area contributed by atoms with Gasteiger partial charge in [0, 0.05) is 43.1 Å². The van der Waals surface area contributed by atoms with Crippen LogP contribution in [-0.2, 0) is 6.42 Å². The van der Waals surface area contributed by atoms with Gasteiger partial charge in [0.05, 0.1) is 5.52 Å². The van der Waals surface area contributed by atoms with Crippen molar-refractivity contribution in [1.29, 1.82) is 0 Å². The van der Waals surface area contributed by atoms with Crippen molar-refractivity contribution in [1.82, 2.24) is 9.88 Å². The van der Waals surface area contributed by atoms with Gasteiger partial charge in [-0.15, -0.1) is 0 Å². The molecule has 0 radical (unpaired) electrons. The van der Waals surface area contributed by atoms with Crippen molar-refractivity contribution in [3.05, 3.63) is 71.2 Å². The van der Waals surface area contributed by atoms with Gasteiger partial charge in [0.1, 0.15) is 5.82 Å². The SMILES string of the molecule is Clc1ccc(CCN2CCN(c3ccc4ccccc4n3)CC2)cc1. The van der Waals surface area contributed by atoms with E-state index in [1.165, 1.54) is 10.9 Å². The van der Waals surface area contributed by atoms with Crippen molar-refractivity contribution in [2.24, 2.45) is 0 Å². The number of fused-ring (bicyclic) bond motifs is 1. The molecule has 1 aromatic heterocycles. The predicted molar refractivity (Wildman–Crippen MR) is 106 cm³/mol. The molecule has 0 amide bonds. The zero-order valence-corrected chi connectivity index (χ0v) is 15.0. The fourth-order valence-corrected chi connectivity index (χ4v) is 3.50. The Balaban J connectivity index is 1.33. The lowest BCUT2D eigenvalue weighted by molar-refractivity contribution is 0.260. The third-order valence-corrected chi connectivity index (χ3v) is 5.16. The Bertz CT molecular complexity index is 839. The number of rotatable bonds is 4. The molecule has 128 valence electrons. The van der Waals surface area contributed by atoms with Gasteiger partial charge in [0.2, 0.25) is 0 Å². The third kappa shape index (κ3) is 3.94. The summed E-state index contributed by atoms with van der Waals surface area (Å²) in [6.07, 6.45) is 1.07. The lowest BCUT2D eigenvalue weighted by atomic mass is 10.1. The summed E-state index contributed by atoms with van der Waals surface area (Å²) < 4.78 is 0. The van der Waals surface area contributed by atoms with Crippen LogP contribution >= 0.6 is 11.6 Å². The summed E-state index contributed by atoms with van der Waals surface area (Å²) in [5.74, 6) is 1.09. The van der Waals surface area contributed by atoms with Crippen LogP contribution < -0.4 is 4.90 Å². The number of benzene rings is 2. The molecule has 1 saturated heterocycles. The minimum atomic E-state index is 0.806. The van der Waals surface area contributed by atoms with E-state index in [0.717, 1.165) is 55.5 Å². The van der Waals surface area contributed by atoms with Crippen molar-refractivity contribution in [3.63, 3.8) is 0 Å². The van der Waals surface area contributed by atoms with E-state index in [1.54, 1.807) is 0 Å². The molecule has 1 fully saturated rings. The standard InChI is InChI=1S/C21H22ClN3/c22-19-8-5-17(6-9-19)11-12-24-13-15-25(16-14-24)21-10-7-18-3-1-2-4-20(18)23-21/h1-10H,11-16H2. The highest BCUT2D eigenvalue weighted by atomic mass is 35.5. The second-order valence-electron chi connectivity index (χ2n) is 6.57. The number of halogens is 1. The molecule has 1 aliphatic rings. The van der Waals surface area contributed by atoms with Crippen LogP contribution in [0.2, 0.25) is 5.02 Å². The molecule has 2 heterocycles. The number of para-hydroxylation sites is 1. The summed E-state index contributed by atoms with van der Waals surface area (Å²) in [5, 5.41) is 2.01. The molecule has 3 nitrogen and oxygen atoms in total. The van der Waals surface area contributed by atoms with E-state index in [-0.39, 0.29) is 0 Å². The molecule has 0 bridgehead atoms. The first-order valence-corrected chi connectivity index (χ1v) is 9.23. The number of hydrogen-bond acceptors (Lipinski definition) is 3. The molecule has 0 unspecified atom stereocenters. The molecule has 3 aromatic rings. The highest BCUT2D eigenvalue weighted by Gasteiger charge is 2.18. The minimum absolute atomic E-state index is 0.806. The lowest BCUT2D eigenvalue weighted by Crippen LogP contribution is -2.47. The Labute approximate surface area is 153 Å². The van der Waals surface area contributed by atoms with Crippen LogP contribution in [0.5, 0.6) is 0 Å². The van der Waals surface area contributed by atoms with Crippen LogP contribution in [0.4, 0.5) is 5.82 Å². The molecule has 0 N–H and O–H groups in total. The second kappa shape index (κ2) is 7.42. The van der Waals surface area contributed by atoms with E-state index in [1.807, 2.05) is 18.2 Å². The van der Waals surface area contributed by atoms with E-state index in [0.29, 0.717) is 0 Å². The van der Waals surface area contributed by atoms with Gasteiger partial charge in [0.25, 0.3) is 0 Å². The first kappa shape index (κ1) is 16.4. The van der Waals surface area contributed by atoms with E-state index >= 15 is 0 Å². The maximum Gasteiger partial charge on any atom is 0.129 e. The fraction of sp³-hybridized carbons (Fsp3) is 0.286. The smallest absolute Gasteiger partial charge is 0.129 e. The Hall–Kier alpha value is -2.10. The maximum absolute atomic E-state index is 5.95. The molecule has 4 rings (SSSR count). The highest BCUT2D eigenvalue weighted by Crippen LogP contribution is 2.19. The van der Waals surface area contributed by atoms with Gasteiger partial charge >= 0.3 is 0 Å². The quantitative estimate of drug-likeness (QED) is 0.700. The van der Waals surface area contributed by atoms with Gasteiger partial charge in [-0.2, -0.15) is 0 Å². The number of anilines is 1. The summed E-state index contributed by atoms with van der Waals surface area (Å²) in [6.45, 7) is 5.34. The summed E-state index contributed by atoms with van der Waals surface area (Å²) in [7, 11) is 0. The van der Waals surface area contributed by atoms with Crippen molar-refractivity contribution >= 4 is 28.3 Å². The first-order chi connectivity index (χ1) is 12.3. The van der Waals surface area contributed by atoms with Gasteiger partial charge in [-0.25, -0.2) is 4.98 Å². The van der Waals surface area contributed by atoms with Crippen molar-refractivity contribution in [2.45, 2.75) is 6.42 Å². The van der Waals surface area contributed by atoms with Crippen LogP contribution in [0, 0.1) is 0 Å². The second-order valence-corrected chi connectivity index (χ2v) is 7.00. The van der Waals surface area contributed by atoms with Crippen LogP contribution in [0.15, 0.2) is 60.7 Å². The molecule has 4 heteroatoms. The molecular formula is C21H22ClN3. The van der Waals surface area contributed by atoms with Gasteiger partial charge in [-0.3, -0.25) is 4.90 Å². The van der Waals surface area contributed by atoms with E-state index in [2.05, 4.69) is 52.3 Å². The number of nitrogens with zero attached hydrogens (tertiary/aromatic N) is 3. The van der Waals surface area contributed by atoms with Crippen molar-refractivity contribution in [3.8, 4) is 0 Å². The van der Waals surface area contributed by atoms with Crippen molar-refractivity contribution < 1.29 is 0 Å². The zero-order chi connectivity index (χ0) is 17.1. The number of pyridine rings is 1. The van der Waals surface area contributed by atoms with Gasteiger partial charge in [0.15, 0.2) is 0 Å².